The molecule has 0 spiro atoms. The van der Waals surface area contributed by atoms with Gasteiger partial charge < -0.3 is 16.0 Å². The van der Waals surface area contributed by atoms with Gasteiger partial charge in [0.2, 0.25) is 5.91 Å². The quantitative estimate of drug-likeness (QED) is 0.780. The molecule has 1 amide bonds. The number of nitrogens with two attached hydrogens (primary N) is 1. The van der Waals surface area contributed by atoms with Crippen molar-refractivity contribution in [3.05, 3.63) is 17.7 Å². The number of anilines is 3. The molecule has 2 heterocycles. The molecule has 4 rings (SSSR count). The van der Waals surface area contributed by atoms with E-state index >= 15 is 0 Å². The van der Waals surface area contributed by atoms with E-state index in [9.17, 15) is 4.79 Å². The lowest BCUT2D eigenvalue weighted by Gasteiger charge is -2.34. The maximum absolute atomic E-state index is 11.5. The predicted molar refractivity (Wildman–Crippen MR) is 85.5 cm³/mol. The number of fused-ring (bicyclic) bond motifs is 2. The van der Waals surface area contributed by atoms with Crippen LogP contribution in [0.1, 0.15) is 44.1 Å². The van der Waals surface area contributed by atoms with Crippen LogP contribution >= 0.6 is 0 Å². The molecule has 4 nitrogen and oxygen atoms in total. The van der Waals surface area contributed by atoms with Crippen molar-refractivity contribution in [3.8, 4) is 0 Å². The van der Waals surface area contributed by atoms with Crippen LogP contribution in [-0.2, 0) is 11.2 Å². The minimum absolute atomic E-state index is 0.100. The number of nitrogen functional groups attached to an aromatic ring is 1. The normalized spacial score (nSPS) is 28.0. The zero-order valence-corrected chi connectivity index (χ0v) is 12.4. The van der Waals surface area contributed by atoms with Crippen LogP contribution in [0.3, 0.4) is 0 Å². The van der Waals surface area contributed by atoms with Crippen molar-refractivity contribution >= 4 is 23.0 Å². The molecular formula is C17H23N3O. The SMILES string of the molecule is Nc1cc2c(cc1N1CCC3CCCCC31)CCC(=O)N2. The Morgan fingerprint density at radius 2 is 2.00 bits per heavy atom. The summed E-state index contributed by atoms with van der Waals surface area (Å²) < 4.78 is 0. The van der Waals surface area contributed by atoms with E-state index < -0.39 is 0 Å². The highest BCUT2D eigenvalue weighted by atomic mass is 16.1. The maximum Gasteiger partial charge on any atom is 0.224 e. The van der Waals surface area contributed by atoms with Crippen molar-refractivity contribution in [1.29, 1.82) is 0 Å². The van der Waals surface area contributed by atoms with Gasteiger partial charge in [0.15, 0.2) is 0 Å². The Kier molecular flexibility index (Phi) is 3.05. The molecule has 2 fully saturated rings. The second-order valence-electron chi connectivity index (χ2n) is 6.71. The summed E-state index contributed by atoms with van der Waals surface area (Å²) in [7, 11) is 0. The van der Waals surface area contributed by atoms with Crippen LogP contribution in [0.15, 0.2) is 12.1 Å². The van der Waals surface area contributed by atoms with Crippen LogP contribution in [0, 0.1) is 5.92 Å². The topological polar surface area (TPSA) is 58.4 Å². The summed E-state index contributed by atoms with van der Waals surface area (Å²) in [6, 6.07) is 4.86. The van der Waals surface area contributed by atoms with Crippen LogP contribution in [-0.4, -0.2) is 18.5 Å². The number of carbonyl (C=O) groups excluding carboxylic acids is 1. The predicted octanol–water partition coefficient (Wildman–Crippen LogP) is 2.92. The third-order valence-electron chi connectivity index (χ3n) is 5.47. The molecule has 4 heteroatoms. The number of aryl methyl sites for hydroxylation is 1. The fourth-order valence-electron chi connectivity index (χ4n) is 4.39. The van der Waals surface area contributed by atoms with Gasteiger partial charge in [-0.05, 0) is 49.3 Å². The van der Waals surface area contributed by atoms with Gasteiger partial charge in [-0.3, -0.25) is 4.79 Å². The zero-order valence-electron chi connectivity index (χ0n) is 12.4. The second kappa shape index (κ2) is 4.93. The molecule has 0 aromatic heterocycles. The first-order valence-corrected chi connectivity index (χ1v) is 8.21. The molecule has 21 heavy (non-hydrogen) atoms. The lowest BCUT2D eigenvalue weighted by molar-refractivity contribution is -0.116. The number of hydrogen-bond acceptors (Lipinski definition) is 3. The van der Waals surface area contributed by atoms with Gasteiger partial charge >= 0.3 is 0 Å². The minimum atomic E-state index is 0.100. The van der Waals surface area contributed by atoms with Crippen LogP contribution in [0.2, 0.25) is 0 Å². The Balaban J connectivity index is 1.67. The third kappa shape index (κ3) is 2.17. The Morgan fingerprint density at radius 3 is 2.90 bits per heavy atom. The Labute approximate surface area is 125 Å². The average Bonchev–Trinajstić information content (AvgIpc) is 2.90. The van der Waals surface area contributed by atoms with Crippen LogP contribution in [0.4, 0.5) is 17.1 Å². The van der Waals surface area contributed by atoms with Crippen molar-refractivity contribution in [3.63, 3.8) is 0 Å². The van der Waals surface area contributed by atoms with Gasteiger partial charge in [0.1, 0.15) is 0 Å². The highest BCUT2D eigenvalue weighted by molar-refractivity contribution is 5.95. The molecule has 3 N–H and O–H groups in total. The fourth-order valence-corrected chi connectivity index (χ4v) is 4.39. The van der Waals surface area contributed by atoms with Gasteiger partial charge in [0.25, 0.3) is 0 Å². The van der Waals surface area contributed by atoms with Gasteiger partial charge in [-0.15, -0.1) is 0 Å². The lowest BCUT2D eigenvalue weighted by Crippen LogP contribution is -2.35. The van der Waals surface area contributed by atoms with Gasteiger partial charge in [-0.2, -0.15) is 0 Å². The van der Waals surface area contributed by atoms with E-state index in [1.165, 1.54) is 43.4 Å². The molecule has 2 unspecified atom stereocenters. The smallest absolute Gasteiger partial charge is 0.224 e. The Morgan fingerprint density at radius 1 is 1.14 bits per heavy atom. The molecule has 0 radical (unpaired) electrons. The van der Waals surface area contributed by atoms with Gasteiger partial charge in [0.05, 0.1) is 11.4 Å². The second-order valence-corrected chi connectivity index (χ2v) is 6.71. The number of nitrogens with one attached hydrogen (secondary N) is 1. The molecule has 2 atom stereocenters. The van der Waals surface area contributed by atoms with Gasteiger partial charge in [-0.1, -0.05) is 12.8 Å². The maximum atomic E-state index is 11.5. The number of amides is 1. The molecule has 3 aliphatic rings. The number of rotatable bonds is 1. The summed E-state index contributed by atoms with van der Waals surface area (Å²) in [4.78, 5) is 14.0. The molecule has 1 aromatic rings. The number of benzene rings is 1. The van der Waals surface area contributed by atoms with E-state index in [1.54, 1.807) is 0 Å². The summed E-state index contributed by atoms with van der Waals surface area (Å²) in [6.07, 6.45) is 8.13. The number of nitrogens with zero attached hydrogens (tertiary/aromatic N) is 1. The van der Waals surface area contributed by atoms with Crippen molar-refractivity contribution in [2.75, 3.05) is 22.5 Å². The van der Waals surface area contributed by atoms with Gasteiger partial charge in [-0.25, -0.2) is 0 Å². The van der Waals surface area contributed by atoms with E-state index in [-0.39, 0.29) is 5.91 Å². The first kappa shape index (κ1) is 13.0. The highest BCUT2D eigenvalue weighted by Crippen LogP contribution is 2.42. The van der Waals surface area contributed by atoms with E-state index in [0.717, 1.165) is 30.3 Å². The van der Waals surface area contributed by atoms with Crippen LogP contribution in [0.25, 0.3) is 0 Å². The van der Waals surface area contributed by atoms with E-state index in [1.807, 2.05) is 6.07 Å². The Bertz CT molecular complexity index is 584. The van der Waals surface area contributed by atoms with Gasteiger partial charge in [0, 0.05) is 24.7 Å². The van der Waals surface area contributed by atoms with Crippen LogP contribution in [0.5, 0.6) is 0 Å². The summed E-state index contributed by atoms with van der Waals surface area (Å²) in [6.45, 7) is 1.13. The monoisotopic (exact) mass is 285 g/mol. The van der Waals surface area contributed by atoms with E-state index in [4.69, 9.17) is 5.73 Å². The summed E-state index contributed by atoms with van der Waals surface area (Å²) in [5.41, 5.74) is 10.4. The highest BCUT2D eigenvalue weighted by Gasteiger charge is 2.36. The van der Waals surface area contributed by atoms with E-state index in [0.29, 0.717) is 12.5 Å². The third-order valence-corrected chi connectivity index (χ3v) is 5.47. The fraction of sp³-hybridized carbons (Fsp3) is 0.588. The van der Waals surface area contributed by atoms with Crippen molar-refractivity contribution in [2.24, 2.45) is 5.92 Å². The average molecular weight is 285 g/mol. The number of hydrogen-bond donors (Lipinski definition) is 2. The largest absolute Gasteiger partial charge is 0.397 e. The first-order chi connectivity index (χ1) is 10.2. The lowest BCUT2D eigenvalue weighted by atomic mass is 9.85. The van der Waals surface area contributed by atoms with Crippen molar-refractivity contribution < 1.29 is 4.79 Å². The van der Waals surface area contributed by atoms with Crippen molar-refractivity contribution in [2.45, 2.75) is 51.0 Å². The van der Waals surface area contributed by atoms with Crippen LogP contribution < -0.4 is 16.0 Å². The van der Waals surface area contributed by atoms with Crippen molar-refractivity contribution in [1.82, 2.24) is 0 Å². The minimum Gasteiger partial charge on any atom is -0.397 e. The molecule has 1 saturated heterocycles. The standard InChI is InChI=1S/C17H23N3O/c18-13-10-14-12(5-6-17(21)19-14)9-16(13)20-8-7-11-3-1-2-4-15(11)20/h9-11,15H,1-8,18H2,(H,19,21). The van der Waals surface area contributed by atoms with E-state index in [2.05, 4.69) is 16.3 Å². The molecule has 1 aromatic carbocycles. The number of carbonyl (C=O) groups is 1. The molecule has 1 aliphatic carbocycles. The molecular weight excluding hydrogens is 262 g/mol. The summed E-state index contributed by atoms with van der Waals surface area (Å²) >= 11 is 0. The molecule has 1 saturated carbocycles. The Hall–Kier alpha value is -1.71. The summed E-state index contributed by atoms with van der Waals surface area (Å²) in [5, 5.41) is 2.94. The first-order valence-electron chi connectivity index (χ1n) is 8.21. The molecule has 2 aliphatic heterocycles. The molecule has 112 valence electrons. The zero-order chi connectivity index (χ0) is 14.4. The summed E-state index contributed by atoms with van der Waals surface area (Å²) in [5.74, 6) is 0.956. The molecule has 0 bridgehead atoms.